The van der Waals surface area contributed by atoms with Crippen molar-refractivity contribution in [3.05, 3.63) is 46.1 Å². The second-order valence-electron chi connectivity index (χ2n) is 4.29. The third kappa shape index (κ3) is 2.63. The van der Waals surface area contributed by atoms with Crippen LogP contribution in [0.25, 0.3) is 0 Å². The van der Waals surface area contributed by atoms with Gasteiger partial charge in [0.05, 0.1) is 18.5 Å². The molecule has 1 N–H and O–H groups in total. The third-order valence-corrected chi connectivity index (χ3v) is 3.32. The molecule has 1 aliphatic heterocycles. The van der Waals surface area contributed by atoms with Crippen LogP contribution in [0.3, 0.4) is 0 Å². The minimum Gasteiger partial charge on any atom is -0.466 e. The minimum atomic E-state index is -0.428. The number of benzene rings is 1. The lowest BCUT2D eigenvalue weighted by Gasteiger charge is -2.25. The molecule has 19 heavy (non-hydrogen) atoms. The molecule has 1 aromatic carbocycles. The first-order valence-electron chi connectivity index (χ1n) is 5.89. The van der Waals surface area contributed by atoms with Gasteiger partial charge in [-0.25, -0.2) is 4.79 Å². The molecule has 0 saturated heterocycles. The third-order valence-electron chi connectivity index (χ3n) is 2.97. The predicted molar refractivity (Wildman–Crippen MR) is 75.2 cm³/mol. The Morgan fingerprint density at radius 1 is 1.37 bits per heavy atom. The molecule has 0 amide bonds. The fourth-order valence-corrected chi connectivity index (χ4v) is 2.37. The fourth-order valence-electron chi connectivity index (χ4n) is 2.13. The molecule has 1 aromatic rings. The van der Waals surface area contributed by atoms with E-state index in [4.69, 9.17) is 16.3 Å². The predicted octanol–water partition coefficient (Wildman–Crippen LogP) is 2.85. The number of halogens is 1. The van der Waals surface area contributed by atoms with Gasteiger partial charge in [0.25, 0.3) is 0 Å². The summed E-state index contributed by atoms with van der Waals surface area (Å²) in [7, 11) is 1.36. The van der Waals surface area contributed by atoms with Crippen LogP contribution in [-0.2, 0) is 9.53 Å². The van der Waals surface area contributed by atoms with Crippen molar-refractivity contribution in [2.24, 2.45) is 4.99 Å². The number of esters is 1. The van der Waals surface area contributed by atoms with E-state index in [1.165, 1.54) is 7.11 Å². The summed E-state index contributed by atoms with van der Waals surface area (Å²) in [5.74, 6) is 0.348. The second-order valence-corrected chi connectivity index (χ2v) is 4.70. The SMILES string of the molecule is COC(=O)C1=C(C)NC(C)=NC1c1ccccc1Cl. The summed E-state index contributed by atoms with van der Waals surface area (Å²) in [6.45, 7) is 3.68. The molecule has 1 aliphatic rings. The molecule has 100 valence electrons. The molecule has 1 heterocycles. The molecule has 0 bridgehead atoms. The molecule has 0 aromatic heterocycles. The smallest absolute Gasteiger partial charge is 0.338 e. The standard InChI is InChI=1S/C14H15ClN2O2/c1-8-12(14(18)19-3)13(17-9(2)16-8)10-6-4-5-7-11(10)15/h4-7,13H,1-3H3,(H,16,17). The van der Waals surface area contributed by atoms with Crippen LogP contribution >= 0.6 is 11.6 Å². The average Bonchev–Trinajstić information content (AvgIpc) is 2.37. The molecular weight excluding hydrogens is 264 g/mol. The number of aliphatic imine (C=N–C) groups is 1. The summed E-state index contributed by atoms with van der Waals surface area (Å²) in [6, 6.07) is 6.94. The lowest BCUT2D eigenvalue weighted by Crippen LogP contribution is -2.30. The molecule has 0 aliphatic carbocycles. The summed E-state index contributed by atoms with van der Waals surface area (Å²) in [5, 5.41) is 3.63. The van der Waals surface area contributed by atoms with Crippen molar-refractivity contribution in [3.63, 3.8) is 0 Å². The Morgan fingerprint density at radius 2 is 2.05 bits per heavy atom. The van der Waals surface area contributed by atoms with Gasteiger partial charge in [0, 0.05) is 16.3 Å². The highest BCUT2D eigenvalue weighted by Gasteiger charge is 2.30. The number of methoxy groups -OCH3 is 1. The van der Waals surface area contributed by atoms with Crippen LogP contribution in [0.4, 0.5) is 0 Å². The zero-order chi connectivity index (χ0) is 14.0. The molecule has 0 radical (unpaired) electrons. The van der Waals surface area contributed by atoms with Gasteiger partial charge in [-0.2, -0.15) is 0 Å². The quantitative estimate of drug-likeness (QED) is 0.847. The summed E-state index contributed by atoms with van der Waals surface area (Å²) < 4.78 is 4.84. The Kier molecular flexibility index (Phi) is 3.90. The van der Waals surface area contributed by atoms with E-state index in [9.17, 15) is 4.79 Å². The first-order chi connectivity index (χ1) is 9.04. The van der Waals surface area contributed by atoms with Gasteiger partial charge in [-0.15, -0.1) is 0 Å². The number of nitrogens with zero attached hydrogens (tertiary/aromatic N) is 1. The lowest BCUT2D eigenvalue weighted by molar-refractivity contribution is -0.136. The van der Waals surface area contributed by atoms with Gasteiger partial charge < -0.3 is 10.1 Å². The van der Waals surface area contributed by atoms with Gasteiger partial charge in [-0.05, 0) is 19.9 Å². The van der Waals surface area contributed by atoms with Crippen molar-refractivity contribution in [1.82, 2.24) is 5.32 Å². The van der Waals surface area contributed by atoms with Gasteiger partial charge in [0.15, 0.2) is 0 Å². The maximum Gasteiger partial charge on any atom is 0.338 e. The first-order valence-corrected chi connectivity index (χ1v) is 6.27. The van der Waals surface area contributed by atoms with Crippen molar-refractivity contribution in [3.8, 4) is 0 Å². The Bertz CT molecular complexity index is 579. The van der Waals surface area contributed by atoms with Crippen LogP contribution in [0.2, 0.25) is 5.02 Å². The number of carbonyl (C=O) groups excluding carboxylic acids is 1. The molecule has 1 atom stereocenters. The van der Waals surface area contributed by atoms with E-state index in [0.717, 1.165) is 17.1 Å². The van der Waals surface area contributed by atoms with Crippen molar-refractivity contribution >= 4 is 23.4 Å². The Labute approximate surface area is 117 Å². The van der Waals surface area contributed by atoms with Crippen LogP contribution in [0, 0.1) is 0 Å². The number of allylic oxidation sites excluding steroid dienone is 1. The van der Waals surface area contributed by atoms with E-state index in [1.807, 2.05) is 32.0 Å². The highest BCUT2D eigenvalue weighted by Crippen LogP contribution is 2.34. The second kappa shape index (κ2) is 5.45. The van der Waals surface area contributed by atoms with Crippen molar-refractivity contribution in [1.29, 1.82) is 0 Å². The van der Waals surface area contributed by atoms with Gasteiger partial charge in [0.1, 0.15) is 6.04 Å². The zero-order valence-corrected chi connectivity index (χ0v) is 11.8. The molecule has 0 saturated carbocycles. The first kappa shape index (κ1) is 13.6. The van der Waals surface area contributed by atoms with E-state index in [0.29, 0.717) is 10.6 Å². The molecule has 2 rings (SSSR count). The van der Waals surface area contributed by atoms with Gasteiger partial charge >= 0.3 is 5.97 Å². The van der Waals surface area contributed by atoms with Crippen LogP contribution in [0.15, 0.2) is 40.5 Å². The van der Waals surface area contributed by atoms with E-state index in [-0.39, 0.29) is 0 Å². The highest BCUT2D eigenvalue weighted by atomic mass is 35.5. The summed E-state index contributed by atoms with van der Waals surface area (Å²) >= 11 is 6.20. The van der Waals surface area contributed by atoms with E-state index >= 15 is 0 Å². The molecule has 0 fully saturated rings. The zero-order valence-electron chi connectivity index (χ0n) is 11.0. The normalized spacial score (nSPS) is 18.7. The molecule has 1 unspecified atom stereocenters. The number of nitrogens with one attached hydrogen (secondary N) is 1. The number of ether oxygens (including phenoxy) is 1. The lowest BCUT2D eigenvalue weighted by atomic mass is 9.96. The summed E-state index contributed by atoms with van der Waals surface area (Å²) in [6.07, 6.45) is 0. The number of rotatable bonds is 2. The van der Waals surface area contributed by atoms with E-state index < -0.39 is 12.0 Å². The largest absolute Gasteiger partial charge is 0.466 e. The van der Waals surface area contributed by atoms with Crippen LogP contribution < -0.4 is 5.32 Å². The topological polar surface area (TPSA) is 50.7 Å². The minimum absolute atomic E-state index is 0.397. The van der Waals surface area contributed by atoms with E-state index in [1.54, 1.807) is 6.07 Å². The Balaban J connectivity index is 2.54. The van der Waals surface area contributed by atoms with Crippen LogP contribution in [-0.4, -0.2) is 18.9 Å². The van der Waals surface area contributed by atoms with Gasteiger partial charge in [-0.3, -0.25) is 4.99 Å². The highest BCUT2D eigenvalue weighted by molar-refractivity contribution is 6.31. The number of hydrogen-bond acceptors (Lipinski definition) is 4. The van der Waals surface area contributed by atoms with Gasteiger partial charge in [-0.1, -0.05) is 29.8 Å². The molecule has 0 spiro atoms. The number of carbonyl (C=O) groups is 1. The average molecular weight is 279 g/mol. The summed E-state index contributed by atoms with van der Waals surface area (Å²) in [5.41, 5.74) is 2.02. The van der Waals surface area contributed by atoms with Crippen molar-refractivity contribution in [2.75, 3.05) is 7.11 Å². The van der Waals surface area contributed by atoms with Crippen LogP contribution in [0.1, 0.15) is 25.5 Å². The number of hydrogen-bond donors (Lipinski definition) is 1. The fraction of sp³-hybridized carbons (Fsp3) is 0.286. The number of amidine groups is 1. The maximum atomic E-state index is 11.9. The molecular formula is C14H15ClN2O2. The monoisotopic (exact) mass is 278 g/mol. The maximum absolute atomic E-state index is 11.9. The molecule has 4 nitrogen and oxygen atoms in total. The van der Waals surface area contributed by atoms with E-state index in [2.05, 4.69) is 10.3 Å². The Hall–Kier alpha value is -1.81. The van der Waals surface area contributed by atoms with Crippen LogP contribution in [0.5, 0.6) is 0 Å². The summed E-state index contributed by atoms with van der Waals surface area (Å²) in [4.78, 5) is 16.4. The molecule has 5 heteroatoms. The van der Waals surface area contributed by atoms with Gasteiger partial charge in [0.2, 0.25) is 0 Å². The van der Waals surface area contributed by atoms with Crippen molar-refractivity contribution < 1.29 is 9.53 Å². The van der Waals surface area contributed by atoms with Crippen molar-refractivity contribution in [2.45, 2.75) is 19.9 Å². The Morgan fingerprint density at radius 3 is 2.68 bits per heavy atom.